The quantitative estimate of drug-likeness (QED) is 0.693. The van der Waals surface area contributed by atoms with Gasteiger partial charge in [-0.15, -0.1) is 0 Å². The highest BCUT2D eigenvalue weighted by atomic mass is 32.1. The fourth-order valence-electron chi connectivity index (χ4n) is 4.58. The van der Waals surface area contributed by atoms with Crippen LogP contribution in [0.3, 0.4) is 0 Å². The van der Waals surface area contributed by atoms with Crippen molar-refractivity contribution in [3.63, 3.8) is 0 Å². The van der Waals surface area contributed by atoms with Crippen LogP contribution in [-0.2, 0) is 0 Å². The number of carboxylic acids is 1. The minimum atomic E-state index is -0.959. The number of piperidine rings is 1. The van der Waals surface area contributed by atoms with Crippen molar-refractivity contribution in [2.24, 2.45) is 0 Å². The van der Waals surface area contributed by atoms with Crippen LogP contribution in [0.5, 0.6) is 0 Å². The number of hydrogen-bond donors (Lipinski definition) is 1. The predicted molar refractivity (Wildman–Crippen MR) is 124 cm³/mol. The average molecular weight is 445 g/mol. The molecule has 168 valence electrons. The summed E-state index contributed by atoms with van der Waals surface area (Å²) in [5.41, 5.74) is 0.951. The van der Waals surface area contributed by atoms with Crippen LogP contribution < -0.4 is 9.80 Å². The van der Waals surface area contributed by atoms with Crippen LogP contribution >= 0.6 is 11.3 Å². The van der Waals surface area contributed by atoms with Gasteiger partial charge in [0.2, 0.25) is 0 Å². The SMILES string of the molecule is CCC(CC)N1CCN(c2cnc(-c3nc(N4CCCCC4)sc3C(=O)O)cn2)CC1. The van der Waals surface area contributed by atoms with Gasteiger partial charge >= 0.3 is 5.97 Å². The monoisotopic (exact) mass is 444 g/mol. The Morgan fingerprint density at radius 3 is 2.29 bits per heavy atom. The second kappa shape index (κ2) is 9.91. The molecule has 2 saturated heterocycles. The molecule has 0 radical (unpaired) electrons. The smallest absolute Gasteiger partial charge is 0.348 e. The van der Waals surface area contributed by atoms with E-state index >= 15 is 0 Å². The number of piperazine rings is 1. The highest BCUT2D eigenvalue weighted by molar-refractivity contribution is 7.17. The summed E-state index contributed by atoms with van der Waals surface area (Å²) >= 11 is 1.24. The van der Waals surface area contributed by atoms with E-state index in [1.165, 1.54) is 30.6 Å². The third-order valence-electron chi connectivity index (χ3n) is 6.41. The summed E-state index contributed by atoms with van der Waals surface area (Å²) in [6.07, 6.45) is 9.26. The van der Waals surface area contributed by atoms with Gasteiger partial charge in [0.25, 0.3) is 0 Å². The molecular formula is C22H32N6O2S. The summed E-state index contributed by atoms with van der Waals surface area (Å²) in [5.74, 6) is -0.115. The van der Waals surface area contributed by atoms with Crippen LogP contribution in [-0.4, -0.2) is 76.2 Å². The third-order valence-corrected chi connectivity index (χ3v) is 7.52. The van der Waals surface area contributed by atoms with E-state index < -0.39 is 5.97 Å². The Bertz CT molecular complexity index is 869. The van der Waals surface area contributed by atoms with E-state index in [1.54, 1.807) is 12.4 Å². The lowest BCUT2D eigenvalue weighted by Gasteiger charge is -2.39. The summed E-state index contributed by atoms with van der Waals surface area (Å²) in [7, 11) is 0. The maximum Gasteiger partial charge on any atom is 0.348 e. The molecule has 2 aliphatic heterocycles. The lowest BCUT2D eigenvalue weighted by atomic mass is 10.1. The van der Waals surface area contributed by atoms with Gasteiger partial charge in [-0.25, -0.2) is 19.7 Å². The van der Waals surface area contributed by atoms with Gasteiger partial charge in [-0.2, -0.15) is 0 Å². The van der Waals surface area contributed by atoms with Gasteiger partial charge in [0.05, 0.1) is 12.4 Å². The molecule has 0 atom stereocenters. The second-order valence-corrected chi connectivity index (χ2v) is 9.26. The molecule has 8 nitrogen and oxygen atoms in total. The van der Waals surface area contributed by atoms with Gasteiger partial charge in [-0.1, -0.05) is 25.2 Å². The van der Waals surface area contributed by atoms with E-state index in [4.69, 9.17) is 0 Å². The first-order chi connectivity index (χ1) is 15.1. The molecule has 0 spiro atoms. The molecule has 4 rings (SSSR count). The predicted octanol–water partition coefficient (Wildman–Crippen LogP) is 3.60. The Hall–Kier alpha value is -2.26. The van der Waals surface area contributed by atoms with Gasteiger partial charge in [0, 0.05) is 45.3 Å². The largest absolute Gasteiger partial charge is 0.477 e. The number of anilines is 2. The van der Waals surface area contributed by atoms with Crippen LogP contribution in [0.2, 0.25) is 0 Å². The number of aromatic carboxylic acids is 1. The lowest BCUT2D eigenvalue weighted by Crippen LogP contribution is -2.50. The van der Waals surface area contributed by atoms with Crippen LogP contribution in [0.25, 0.3) is 11.4 Å². The Morgan fingerprint density at radius 1 is 1.00 bits per heavy atom. The summed E-state index contributed by atoms with van der Waals surface area (Å²) < 4.78 is 0. The third kappa shape index (κ3) is 4.82. The van der Waals surface area contributed by atoms with Crippen molar-refractivity contribution < 1.29 is 9.90 Å². The van der Waals surface area contributed by atoms with Crippen molar-refractivity contribution in [1.29, 1.82) is 0 Å². The van der Waals surface area contributed by atoms with Crippen molar-refractivity contribution >= 4 is 28.3 Å². The number of nitrogens with zero attached hydrogens (tertiary/aromatic N) is 6. The van der Waals surface area contributed by atoms with Gasteiger partial charge in [0.1, 0.15) is 22.1 Å². The molecule has 2 fully saturated rings. The summed E-state index contributed by atoms with van der Waals surface area (Å²) in [4.78, 5) is 32.9. The maximum atomic E-state index is 11.8. The highest BCUT2D eigenvalue weighted by Crippen LogP contribution is 2.33. The Kier molecular flexibility index (Phi) is 7.02. The number of rotatable bonds is 7. The van der Waals surface area contributed by atoms with E-state index in [0.29, 0.717) is 17.4 Å². The topological polar surface area (TPSA) is 85.7 Å². The molecule has 0 bridgehead atoms. The van der Waals surface area contributed by atoms with E-state index in [9.17, 15) is 9.90 Å². The second-order valence-electron chi connectivity index (χ2n) is 8.28. The van der Waals surface area contributed by atoms with E-state index in [1.807, 2.05) is 0 Å². The van der Waals surface area contributed by atoms with Crippen LogP contribution in [0.1, 0.15) is 55.6 Å². The fourth-order valence-corrected chi connectivity index (χ4v) is 5.54. The summed E-state index contributed by atoms with van der Waals surface area (Å²) in [6, 6.07) is 0.656. The molecule has 9 heteroatoms. The zero-order valence-electron chi connectivity index (χ0n) is 18.5. The molecule has 0 aromatic carbocycles. The van der Waals surface area contributed by atoms with Crippen molar-refractivity contribution in [2.45, 2.75) is 52.0 Å². The number of thiazole rings is 1. The number of carbonyl (C=O) groups is 1. The molecule has 2 aromatic heterocycles. The van der Waals surface area contributed by atoms with Crippen LogP contribution in [0.4, 0.5) is 10.9 Å². The van der Waals surface area contributed by atoms with Crippen molar-refractivity contribution in [1.82, 2.24) is 19.9 Å². The van der Waals surface area contributed by atoms with Crippen molar-refractivity contribution in [2.75, 3.05) is 49.1 Å². The lowest BCUT2D eigenvalue weighted by molar-refractivity contribution is 0.0702. The maximum absolute atomic E-state index is 11.8. The Balaban J connectivity index is 1.48. The molecule has 0 aliphatic carbocycles. The normalized spacial score (nSPS) is 18.0. The molecule has 4 heterocycles. The van der Waals surface area contributed by atoms with Crippen molar-refractivity contribution in [3.05, 3.63) is 17.3 Å². The fraction of sp³-hybridized carbons (Fsp3) is 0.636. The molecule has 0 saturated carbocycles. The first kappa shape index (κ1) is 22.0. The number of aromatic nitrogens is 3. The summed E-state index contributed by atoms with van der Waals surface area (Å²) in [5, 5.41) is 10.5. The highest BCUT2D eigenvalue weighted by Gasteiger charge is 2.25. The van der Waals surface area contributed by atoms with E-state index in [-0.39, 0.29) is 4.88 Å². The number of hydrogen-bond acceptors (Lipinski definition) is 8. The molecule has 0 unspecified atom stereocenters. The van der Waals surface area contributed by atoms with E-state index in [2.05, 4.69) is 43.5 Å². The van der Waals surface area contributed by atoms with Gasteiger partial charge in [-0.05, 0) is 32.1 Å². The zero-order chi connectivity index (χ0) is 21.8. The van der Waals surface area contributed by atoms with Gasteiger partial charge in [-0.3, -0.25) is 4.90 Å². The van der Waals surface area contributed by atoms with E-state index in [0.717, 1.165) is 63.1 Å². The zero-order valence-corrected chi connectivity index (χ0v) is 19.3. The molecule has 2 aliphatic rings. The standard InChI is InChI=1S/C22H32N6O2S/c1-3-16(4-2)26-10-12-27(13-11-26)18-15-23-17(14-24-18)19-20(21(29)30)31-22(25-19)28-8-6-5-7-9-28/h14-16H,3-13H2,1-2H3,(H,29,30). The number of carboxylic acid groups (broad SMARTS) is 1. The van der Waals surface area contributed by atoms with Crippen LogP contribution in [0, 0.1) is 0 Å². The minimum Gasteiger partial charge on any atom is -0.477 e. The van der Waals surface area contributed by atoms with Crippen molar-refractivity contribution in [3.8, 4) is 11.4 Å². The first-order valence-electron chi connectivity index (χ1n) is 11.4. The Labute approximate surface area is 187 Å². The molecule has 1 N–H and O–H groups in total. The molecule has 0 amide bonds. The van der Waals surface area contributed by atoms with Crippen LogP contribution in [0.15, 0.2) is 12.4 Å². The summed E-state index contributed by atoms with van der Waals surface area (Å²) in [6.45, 7) is 10.3. The molecular weight excluding hydrogens is 412 g/mol. The minimum absolute atomic E-state index is 0.237. The van der Waals surface area contributed by atoms with Gasteiger partial charge < -0.3 is 14.9 Å². The first-order valence-corrected chi connectivity index (χ1v) is 12.2. The molecule has 2 aromatic rings. The molecule has 31 heavy (non-hydrogen) atoms. The van der Waals surface area contributed by atoms with Gasteiger partial charge in [0.15, 0.2) is 5.13 Å². The Morgan fingerprint density at radius 2 is 1.71 bits per heavy atom. The average Bonchev–Trinajstić information content (AvgIpc) is 3.27.